The van der Waals surface area contributed by atoms with Gasteiger partial charge in [-0.3, -0.25) is 0 Å². The second-order valence-electron chi connectivity index (χ2n) is 4.39. The molecule has 0 aromatic heterocycles. The summed E-state index contributed by atoms with van der Waals surface area (Å²) in [6.45, 7) is 13.7. The predicted octanol–water partition coefficient (Wildman–Crippen LogP) is 1.88. The Bertz CT molecular complexity index is 171. The first-order chi connectivity index (χ1) is 5.84. The van der Waals surface area contributed by atoms with Gasteiger partial charge in [-0.2, -0.15) is 0 Å². The lowest BCUT2D eigenvalue weighted by atomic mass is 9.88. The molecule has 1 atom stereocenters. The molecule has 2 heteroatoms. The summed E-state index contributed by atoms with van der Waals surface area (Å²) < 4.78 is 0. The van der Waals surface area contributed by atoms with Gasteiger partial charge in [-0.15, -0.1) is 0 Å². The highest BCUT2D eigenvalue weighted by atomic mass is 15.2. The Labute approximate surface area is 83.0 Å². The van der Waals surface area contributed by atoms with E-state index in [0.717, 1.165) is 6.54 Å². The minimum Gasteiger partial charge on any atom is -0.309 e. The summed E-state index contributed by atoms with van der Waals surface area (Å²) in [5, 5.41) is 3.46. The van der Waals surface area contributed by atoms with Gasteiger partial charge in [-0.1, -0.05) is 19.1 Å². The van der Waals surface area contributed by atoms with Crippen molar-refractivity contribution in [2.24, 2.45) is 0 Å². The van der Waals surface area contributed by atoms with Crippen molar-refractivity contribution >= 4 is 0 Å². The van der Waals surface area contributed by atoms with Crippen LogP contribution >= 0.6 is 0 Å². The molecule has 0 saturated heterocycles. The Morgan fingerprint density at radius 2 is 1.92 bits per heavy atom. The maximum Gasteiger partial charge on any atom is 0.0455 e. The van der Waals surface area contributed by atoms with Crippen LogP contribution in [0.15, 0.2) is 12.2 Å². The molecule has 0 aromatic rings. The third-order valence-corrected chi connectivity index (χ3v) is 2.76. The molecule has 0 aliphatic carbocycles. The van der Waals surface area contributed by atoms with Crippen molar-refractivity contribution in [1.82, 2.24) is 10.2 Å². The fourth-order valence-electron chi connectivity index (χ4n) is 1.49. The first-order valence-corrected chi connectivity index (χ1v) is 4.90. The van der Waals surface area contributed by atoms with E-state index in [2.05, 4.69) is 58.6 Å². The molecule has 1 unspecified atom stereocenters. The Hall–Kier alpha value is -0.340. The smallest absolute Gasteiger partial charge is 0.0455 e. The van der Waals surface area contributed by atoms with Crippen molar-refractivity contribution in [3.63, 3.8) is 0 Å². The molecular weight excluding hydrogens is 160 g/mol. The molecule has 0 bridgehead atoms. The van der Waals surface area contributed by atoms with Crippen LogP contribution in [0.25, 0.3) is 0 Å². The zero-order chi connectivity index (χ0) is 10.6. The van der Waals surface area contributed by atoms with E-state index in [9.17, 15) is 0 Å². The van der Waals surface area contributed by atoms with Crippen molar-refractivity contribution in [1.29, 1.82) is 0 Å². The Morgan fingerprint density at radius 3 is 2.15 bits per heavy atom. The lowest BCUT2D eigenvalue weighted by Gasteiger charge is -2.41. The van der Waals surface area contributed by atoms with Crippen molar-refractivity contribution in [2.45, 2.75) is 39.3 Å². The molecule has 1 N–H and O–H groups in total. The lowest BCUT2D eigenvalue weighted by Crippen LogP contribution is -2.55. The number of nitrogens with one attached hydrogen (secondary N) is 1. The van der Waals surface area contributed by atoms with Crippen LogP contribution in [0, 0.1) is 0 Å². The molecule has 0 aliphatic rings. The molecule has 0 aliphatic heterocycles. The van der Waals surface area contributed by atoms with Crippen molar-refractivity contribution < 1.29 is 0 Å². The maximum atomic E-state index is 4.03. The van der Waals surface area contributed by atoms with Gasteiger partial charge in [0.05, 0.1) is 0 Å². The van der Waals surface area contributed by atoms with E-state index in [0.29, 0.717) is 6.04 Å². The third kappa shape index (κ3) is 3.12. The van der Waals surface area contributed by atoms with Gasteiger partial charge >= 0.3 is 0 Å². The monoisotopic (exact) mass is 184 g/mol. The number of hydrogen-bond acceptors (Lipinski definition) is 2. The van der Waals surface area contributed by atoms with Gasteiger partial charge in [0.2, 0.25) is 0 Å². The van der Waals surface area contributed by atoms with Crippen LogP contribution in [0.3, 0.4) is 0 Å². The molecule has 0 saturated carbocycles. The van der Waals surface area contributed by atoms with Gasteiger partial charge < -0.3 is 10.2 Å². The van der Waals surface area contributed by atoms with Crippen molar-refractivity contribution in [2.75, 3.05) is 20.6 Å². The molecule has 0 radical (unpaired) electrons. The van der Waals surface area contributed by atoms with E-state index in [4.69, 9.17) is 0 Å². The van der Waals surface area contributed by atoms with E-state index in [1.807, 2.05) is 0 Å². The van der Waals surface area contributed by atoms with Crippen molar-refractivity contribution in [3.8, 4) is 0 Å². The molecule has 0 heterocycles. The van der Waals surface area contributed by atoms with E-state index >= 15 is 0 Å². The summed E-state index contributed by atoms with van der Waals surface area (Å²) in [5.41, 5.74) is 1.31. The summed E-state index contributed by atoms with van der Waals surface area (Å²) in [4.78, 5) is 2.23. The number of nitrogens with zero attached hydrogens (tertiary/aromatic N) is 1. The molecule has 2 nitrogen and oxygen atoms in total. The van der Waals surface area contributed by atoms with Crippen LogP contribution in [0.2, 0.25) is 0 Å². The Kier molecular flexibility index (Phi) is 4.65. The second kappa shape index (κ2) is 4.77. The molecule has 78 valence electrons. The fraction of sp³-hybridized carbons (Fsp3) is 0.818. The average Bonchev–Trinajstić information content (AvgIpc) is 1.98. The number of rotatable bonds is 5. The topological polar surface area (TPSA) is 15.3 Å². The normalized spacial score (nSPS) is 14.7. The largest absolute Gasteiger partial charge is 0.309 e. The molecule has 0 amide bonds. The van der Waals surface area contributed by atoms with E-state index in [1.165, 1.54) is 5.57 Å². The van der Waals surface area contributed by atoms with Gasteiger partial charge in [0.1, 0.15) is 0 Å². The number of hydrogen-bond donors (Lipinski definition) is 1. The van der Waals surface area contributed by atoms with Crippen LogP contribution in [-0.4, -0.2) is 37.1 Å². The maximum absolute atomic E-state index is 4.03. The molecule has 0 aromatic carbocycles. The van der Waals surface area contributed by atoms with Gasteiger partial charge in [-0.05, 0) is 41.4 Å². The van der Waals surface area contributed by atoms with Crippen LogP contribution in [0.5, 0.6) is 0 Å². The molecule has 0 fully saturated rings. The van der Waals surface area contributed by atoms with Crippen LogP contribution in [0.1, 0.15) is 27.7 Å². The van der Waals surface area contributed by atoms with Crippen LogP contribution in [0.4, 0.5) is 0 Å². The van der Waals surface area contributed by atoms with E-state index in [-0.39, 0.29) is 5.54 Å². The molecule has 13 heavy (non-hydrogen) atoms. The minimum atomic E-state index is 0.113. The zero-order valence-corrected chi connectivity index (χ0v) is 9.94. The SMILES string of the molecule is C=C(C)C(NCC)C(C)(C)N(C)C. The summed E-state index contributed by atoms with van der Waals surface area (Å²) in [5.74, 6) is 0. The second-order valence-corrected chi connectivity index (χ2v) is 4.39. The Morgan fingerprint density at radius 1 is 1.46 bits per heavy atom. The van der Waals surface area contributed by atoms with Crippen LogP contribution < -0.4 is 5.32 Å². The first kappa shape index (κ1) is 12.7. The minimum absolute atomic E-state index is 0.113. The summed E-state index contributed by atoms with van der Waals surface area (Å²) in [7, 11) is 4.21. The van der Waals surface area contributed by atoms with Crippen molar-refractivity contribution in [3.05, 3.63) is 12.2 Å². The molecule has 0 spiro atoms. The third-order valence-electron chi connectivity index (χ3n) is 2.76. The van der Waals surface area contributed by atoms with Gasteiger partial charge in [0, 0.05) is 11.6 Å². The zero-order valence-electron chi connectivity index (χ0n) is 9.94. The number of likely N-dealkylation sites (N-methyl/N-ethyl adjacent to an activating group) is 2. The van der Waals surface area contributed by atoms with Gasteiger partial charge in [-0.25, -0.2) is 0 Å². The van der Waals surface area contributed by atoms with Crippen LogP contribution in [-0.2, 0) is 0 Å². The first-order valence-electron chi connectivity index (χ1n) is 4.90. The summed E-state index contributed by atoms with van der Waals surface area (Å²) >= 11 is 0. The quantitative estimate of drug-likeness (QED) is 0.656. The van der Waals surface area contributed by atoms with Gasteiger partial charge in [0.25, 0.3) is 0 Å². The lowest BCUT2D eigenvalue weighted by molar-refractivity contribution is 0.155. The highest BCUT2D eigenvalue weighted by molar-refractivity contribution is 5.11. The van der Waals surface area contributed by atoms with E-state index < -0.39 is 0 Å². The average molecular weight is 184 g/mol. The molecular formula is C11H24N2. The Balaban J connectivity index is 4.61. The standard InChI is InChI=1S/C11H24N2/c1-8-12-10(9(2)3)11(4,5)13(6)7/h10,12H,2,8H2,1,3-7H3. The highest BCUT2D eigenvalue weighted by Crippen LogP contribution is 2.20. The van der Waals surface area contributed by atoms with E-state index in [1.54, 1.807) is 0 Å². The predicted molar refractivity (Wildman–Crippen MR) is 60.0 cm³/mol. The summed E-state index contributed by atoms with van der Waals surface area (Å²) in [6.07, 6.45) is 0. The fourth-order valence-corrected chi connectivity index (χ4v) is 1.49. The summed E-state index contributed by atoms with van der Waals surface area (Å²) in [6, 6.07) is 0.354. The highest BCUT2D eigenvalue weighted by Gasteiger charge is 2.31. The van der Waals surface area contributed by atoms with Gasteiger partial charge in [0.15, 0.2) is 0 Å². The molecule has 0 rings (SSSR count).